The van der Waals surface area contributed by atoms with E-state index in [2.05, 4.69) is 10.1 Å². The van der Waals surface area contributed by atoms with Crippen LogP contribution in [0.25, 0.3) is 0 Å². The molecule has 1 heterocycles. The summed E-state index contributed by atoms with van der Waals surface area (Å²) in [4.78, 5) is 25.3. The molecule has 1 N–H and O–H groups in total. The van der Waals surface area contributed by atoms with Crippen molar-refractivity contribution in [1.82, 2.24) is 4.90 Å². The summed E-state index contributed by atoms with van der Waals surface area (Å²) in [6.45, 7) is 2.20. The number of carbonyl (C=O) groups excluding carboxylic acids is 2. The van der Waals surface area contributed by atoms with Crippen molar-refractivity contribution in [3.8, 4) is 0 Å². The molecule has 0 aliphatic carbocycles. The summed E-state index contributed by atoms with van der Waals surface area (Å²) in [6.07, 6.45) is -0.595. The molecule has 1 aliphatic rings. The van der Waals surface area contributed by atoms with Crippen LogP contribution in [0.15, 0.2) is 24.3 Å². The molecule has 102 valence electrons. The molecule has 6 nitrogen and oxygen atoms in total. The van der Waals surface area contributed by atoms with E-state index >= 15 is 0 Å². The molecular formula is C13H16N2O4. The molecule has 1 aromatic rings. The van der Waals surface area contributed by atoms with Crippen molar-refractivity contribution in [3.05, 3.63) is 29.8 Å². The van der Waals surface area contributed by atoms with E-state index in [9.17, 15) is 9.59 Å². The number of benzene rings is 1. The van der Waals surface area contributed by atoms with E-state index in [1.165, 1.54) is 7.11 Å². The second-order valence-corrected chi connectivity index (χ2v) is 4.07. The lowest BCUT2D eigenvalue weighted by molar-refractivity contribution is 0.0303. The van der Waals surface area contributed by atoms with Crippen LogP contribution in [0.2, 0.25) is 0 Å². The van der Waals surface area contributed by atoms with Crippen LogP contribution >= 0.6 is 0 Å². The zero-order valence-electron chi connectivity index (χ0n) is 10.7. The molecule has 2 rings (SSSR count). The number of hydrogen-bond acceptors (Lipinski definition) is 4. The van der Waals surface area contributed by atoms with Gasteiger partial charge in [0.15, 0.2) is 0 Å². The molecule has 1 aliphatic heterocycles. The lowest BCUT2D eigenvalue weighted by Crippen LogP contribution is -2.41. The van der Waals surface area contributed by atoms with Gasteiger partial charge in [0.25, 0.3) is 5.91 Å². The van der Waals surface area contributed by atoms with Crippen LogP contribution in [-0.2, 0) is 9.47 Å². The zero-order chi connectivity index (χ0) is 13.7. The third kappa shape index (κ3) is 3.23. The zero-order valence-corrected chi connectivity index (χ0v) is 10.7. The number of nitrogens with one attached hydrogen (secondary N) is 1. The van der Waals surface area contributed by atoms with Gasteiger partial charge in [-0.2, -0.15) is 0 Å². The topological polar surface area (TPSA) is 67.9 Å². The number of carbonyl (C=O) groups is 2. The maximum atomic E-state index is 12.4. The monoisotopic (exact) mass is 264 g/mol. The van der Waals surface area contributed by atoms with Gasteiger partial charge >= 0.3 is 6.09 Å². The number of ether oxygens (including phenoxy) is 2. The third-order valence-electron chi connectivity index (χ3n) is 2.88. The molecule has 19 heavy (non-hydrogen) atoms. The van der Waals surface area contributed by atoms with Gasteiger partial charge in [-0.15, -0.1) is 0 Å². The highest BCUT2D eigenvalue weighted by molar-refractivity contribution is 6.02. The third-order valence-corrected chi connectivity index (χ3v) is 2.88. The Kier molecular flexibility index (Phi) is 4.35. The normalized spacial score (nSPS) is 14.9. The predicted molar refractivity (Wildman–Crippen MR) is 69.2 cm³/mol. The molecule has 2 amide bonds. The summed E-state index contributed by atoms with van der Waals surface area (Å²) in [7, 11) is 1.28. The Morgan fingerprint density at radius 1 is 1.26 bits per heavy atom. The maximum absolute atomic E-state index is 12.4. The van der Waals surface area contributed by atoms with Crippen molar-refractivity contribution in [2.75, 3.05) is 38.7 Å². The molecule has 6 heteroatoms. The minimum atomic E-state index is -0.595. The second-order valence-electron chi connectivity index (χ2n) is 4.07. The van der Waals surface area contributed by atoms with Crippen molar-refractivity contribution in [2.24, 2.45) is 0 Å². The first kappa shape index (κ1) is 13.4. The van der Waals surface area contributed by atoms with Crippen LogP contribution in [0.4, 0.5) is 10.5 Å². The summed E-state index contributed by atoms with van der Waals surface area (Å²) in [5.41, 5.74) is 0.903. The number of anilines is 1. The fourth-order valence-corrected chi connectivity index (χ4v) is 1.88. The quantitative estimate of drug-likeness (QED) is 0.875. The first-order valence-electron chi connectivity index (χ1n) is 6.03. The summed E-state index contributed by atoms with van der Waals surface area (Å²) >= 11 is 0. The number of morpholine rings is 1. The number of hydrogen-bond donors (Lipinski definition) is 1. The number of para-hydroxylation sites is 1. The van der Waals surface area contributed by atoms with E-state index in [4.69, 9.17) is 4.74 Å². The first-order chi connectivity index (χ1) is 9.22. The minimum absolute atomic E-state index is 0.115. The molecule has 1 aromatic carbocycles. The molecule has 0 aromatic heterocycles. The lowest BCUT2D eigenvalue weighted by Gasteiger charge is -2.27. The Hall–Kier alpha value is -2.08. The summed E-state index contributed by atoms with van der Waals surface area (Å²) in [5.74, 6) is -0.115. The van der Waals surface area contributed by atoms with E-state index < -0.39 is 6.09 Å². The SMILES string of the molecule is COC(=O)Nc1ccccc1C(=O)N1CCOCC1. The minimum Gasteiger partial charge on any atom is -0.453 e. The van der Waals surface area contributed by atoms with Crippen molar-refractivity contribution >= 4 is 17.7 Å². The predicted octanol–water partition coefficient (Wildman–Crippen LogP) is 1.34. The van der Waals surface area contributed by atoms with Crippen molar-refractivity contribution in [1.29, 1.82) is 0 Å². The molecule has 0 unspecified atom stereocenters. The molecule has 1 fully saturated rings. The van der Waals surface area contributed by atoms with Gasteiger partial charge in [0, 0.05) is 13.1 Å². The fourth-order valence-electron chi connectivity index (χ4n) is 1.88. The van der Waals surface area contributed by atoms with Crippen molar-refractivity contribution < 1.29 is 19.1 Å². The van der Waals surface area contributed by atoms with Gasteiger partial charge in [0.05, 0.1) is 31.6 Å². The molecule has 0 radical (unpaired) electrons. The van der Waals surface area contributed by atoms with Gasteiger partial charge in [-0.1, -0.05) is 12.1 Å². The van der Waals surface area contributed by atoms with Gasteiger partial charge in [0.2, 0.25) is 0 Å². The highest BCUT2D eigenvalue weighted by Gasteiger charge is 2.21. The highest BCUT2D eigenvalue weighted by atomic mass is 16.5. The number of amides is 2. The van der Waals surface area contributed by atoms with Crippen LogP contribution in [0, 0.1) is 0 Å². The number of methoxy groups -OCH3 is 1. The van der Waals surface area contributed by atoms with E-state index in [0.717, 1.165) is 0 Å². The Bertz CT molecular complexity index is 469. The number of rotatable bonds is 2. The van der Waals surface area contributed by atoms with Gasteiger partial charge in [-0.3, -0.25) is 10.1 Å². The molecular weight excluding hydrogens is 248 g/mol. The number of nitrogens with zero attached hydrogens (tertiary/aromatic N) is 1. The van der Waals surface area contributed by atoms with Crippen LogP contribution in [0.3, 0.4) is 0 Å². The molecule has 1 saturated heterocycles. The van der Waals surface area contributed by atoms with Crippen LogP contribution in [-0.4, -0.2) is 50.3 Å². The molecule has 0 spiro atoms. The van der Waals surface area contributed by atoms with E-state index in [-0.39, 0.29) is 5.91 Å². The maximum Gasteiger partial charge on any atom is 0.411 e. The van der Waals surface area contributed by atoms with Crippen LogP contribution in [0.5, 0.6) is 0 Å². The highest BCUT2D eigenvalue weighted by Crippen LogP contribution is 2.18. The lowest BCUT2D eigenvalue weighted by atomic mass is 10.1. The Morgan fingerprint density at radius 3 is 2.63 bits per heavy atom. The average Bonchev–Trinajstić information content (AvgIpc) is 2.48. The summed E-state index contributed by atoms with van der Waals surface area (Å²) in [5, 5.41) is 2.54. The molecule has 0 bridgehead atoms. The fraction of sp³-hybridized carbons (Fsp3) is 0.385. The van der Waals surface area contributed by atoms with Gasteiger partial charge in [-0.25, -0.2) is 4.79 Å². The van der Waals surface area contributed by atoms with Gasteiger partial charge in [-0.05, 0) is 12.1 Å². The smallest absolute Gasteiger partial charge is 0.411 e. The Morgan fingerprint density at radius 2 is 1.95 bits per heavy atom. The molecule has 0 atom stereocenters. The second kappa shape index (κ2) is 6.19. The Labute approximate surface area is 111 Å². The largest absolute Gasteiger partial charge is 0.453 e. The first-order valence-corrected chi connectivity index (χ1v) is 6.03. The van der Waals surface area contributed by atoms with E-state index in [1.807, 2.05) is 0 Å². The van der Waals surface area contributed by atoms with Crippen LogP contribution < -0.4 is 5.32 Å². The molecule has 0 saturated carbocycles. The average molecular weight is 264 g/mol. The van der Waals surface area contributed by atoms with Crippen molar-refractivity contribution in [2.45, 2.75) is 0 Å². The standard InChI is InChI=1S/C13H16N2O4/c1-18-13(17)14-11-5-3-2-4-10(11)12(16)15-6-8-19-9-7-15/h2-5H,6-9H2,1H3,(H,14,17). The van der Waals surface area contributed by atoms with Gasteiger partial charge in [0.1, 0.15) is 0 Å². The summed E-state index contributed by atoms with van der Waals surface area (Å²) in [6, 6.07) is 6.87. The van der Waals surface area contributed by atoms with Crippen LogP contribution in [0.1, 0.15) is 10.4 Å². The van der Waals surface area contributed by atoms with Crippen molar-refractivity contribution in [3.63, 3.8) is 0 Å². The van der Waals surface area contributed by atoms with E-state index in [1.54, 1.807) is 29.2 Å². The summed E-state index contributed by atoms with van der Waals surface area (Å²) < 4.78 is 9.75. The van der Waals surface area contributed by atoms with E-state index in [0.29, 0.717) is 37.6 Å². The van der Waals surface area contributed by atoms with Gasteiger partial charge < -0.3 is 14.4 Å². The Balaban J connectivity index is 2.18.